The first-order valence-corrected chi connectivity index (χ1v) is 7.26. The molecule has 106 valence electrons. The van der Waals surface area contributed by atoms with Gasteiger partial charge < -0.3 is 15.4 Å². The van der Waals surface area contributed by atoms with E-state index >= 15 is 0 Å². The summed E-state index contributed by atoms with van der Waals surface area (Å²) in [4.78, 5) is 2.17. The molecule has 3 nitrogen and oxygen atoms in total. The van der Waals surface area contributed by atoms with Gasteiger partial charge in [0.25, 0.3) is 0 Å². The molecule has 0 aliphatic rings. The molecule has 0 unspecified atom stereocenters. The average molecular weight is 335 g/mol. The highest BCUT2D eigenvalue weighted by Crippen LogP contribution is 2.31. The minimum Gasteiger partial charge on any atom is -0.495 e. The molecule has 0 atom stereocenters. The van der Waals surface area contributed by atoms with E-state index < -0.39 is 0 Å². The Balaban J connectivity index is 2.23. The Morgan fingerprint density at radius 3 is 2.60 bits per heavy atom. The van der Waals surface area contributed by atoms with Crippen LogP contribution in [0.3, 0.4) is 0 Å². The molecule has 4 heteroatoms. The van der Waals surface area contributed by atoms with Crippen molar-refractivity contribution >= 4 is 21.6 Å². The SMILES string of the molecule is COc1ccc(Br)cc1N(C)Cc1cccc(CN)c1. The third kappa shape index (κ3) is 3.52. The zero-order valence-electron chi connectivity index (χ0n) is 11.8. The summed E-state index contributed by atoms with van der Waals surface area (Å²) in [6, 6.07) is 14.3. The van der Waals surface area contributed by atoms with Gasteiger partial charge in [0.05, 0.1) is 12.8 Å². The molecule has 0 heterocycles. The predicted molar refractivity (Wildman–Crippen MR) is 87.1 cm³/mol. The highest BCUT2D eigenvalue weighted by atomic mass is 79.9. The van der Waals surface area contributed by atoms with Crippen molar-refractivity contribution in [3.63, 3.8) is 0 Å². The van der Waals surface area contributed by atoms with Crippen LogP contribution >= 0.6 is 15.9 Å². The van der Waals surface area contributed by atoms with E-state index in [0.29, 0.717) is 6.54 Å². The Bertz CT molecular complexity index is 586. The molecule has 0 amide bonds. The molecular weight excluding hydrogens is 316 g/mol. The standard InChI is InChI=1S/C16H19BrN2O/c1-19(11-13-5-3-4-12(8-13)10-18)15-9-14(17)6-7-16(15)20-2/h3-9H,10-11,18H2,1-2H3. The quantitative estimate of drug-likeness (QED) is 0.908. The number of anilines is 1. The predicted octanol–water partition coefficient (Wildman–Crippen LogP) is 3.55. The van der Waals surface area contributed by atoms with E-state index in [4.69, 9.17) is 10.5 Å². The van der Waals surface area contributed by atoms with Gasteiger partial charge in [0.15, 0.2) is 0 Å². The van der Waals surface area contributed by atoms with E-state index in [2.05, 4.69) is 46.1 Å². The van der Waals surface area contributed by atoms with E-state index in [1.54, 1.807) is 7.11 Å². The Morgan fingerprint density at radius 2 is 1.90 bits per heavy atom. The summed E-state index contributed by atoms with van der Waals surface area (Å²) in [5, 5.41) is 0. The van der Waals surface area contributed by atoms with Crippen LogP contribution in [0.1, 0.15) is 11.1 Å². The van der Waals surface area contributed by atoms with E-state index in [9.17, 15) is 0 Å². The molecule has 2 rings (SSSR count). The summed E-state index contributed by atoms with van der Waals surface area (Å²) in [7, 11) is 3.75. The molecule has 0 aromatic heterocycles. The molecule has 0 aliphatic carbocycles. The first kappa shape index (κ1) is 14.9. The fourth-order valence-electron chi connectivity index (χ4n) is 2.18. The van der Waals surface area contributed by atoms with Gasteiger partial charge in [0.1, 0.15) is 5.75 Å². The van der Waals surface area contributed by atoms with Crippen molar-refractivity contribution in [1.82, 2.24) is 0 Å². The zero-order valence-corrected chi connectivity index (χ0v) is 13.4. The smallest absolute Gasteiger partial charge is 0.142 e. The molecule has 20 heavy (non-hydrogen) atoms. The number of halogens is 1. The summed E-state index contributed by atoms with van der Waals surface area (Å²) in [5.41, 5.74) is 9.13. The van der Waals surface area contributed by atoms with Crippen LogP contribution in [0.5, 0.6) is 5.75 Å². The number of rotatable bonds is 5. The maximum atomic E-state index is 5.69. The van der Waals surface area contributed by atoms with Crippen molar-refractivity contribution in [2.45, 2.75) is 13.1 Å². The minimum atomic E-state index is 0.567. The second kappa shape index (κ2) is 6.77. The first-order valence-electron chi connectivity index (χ1n) is 6.46. The van der Waals surface area contributed by atoms with Gasteiger partial charge in [-0.25, -0.2) is 0 Å². The van der Waals surface area contributed by atoms with Gasteiger partial charge in [-0.2, -0.15) is 0 Å². The number of nitrogens with zero attached hydrogens (tertiary/aromatic N) is 1. The molecule has 0 bridgehead atoms. The van der Waals surface area contributed by atoms with Crippen LogP contribution < -0.4 is 15.4 Å². The second-order valence-electron chi connectivity index (χ2n) is 4.70. The normalized spacial score (nSPS) is 10.4. The lowest BCUT2D eigenvalue weighted by atomic mass is 10.1. The monoisotopic (exact) mass is 334 g/mol. The van der Waals surface area contributed by atoms with Crippen LogP contribution in [-0.4, -0.2) is 14.2 Å². The van der Waals surface area contributed by atoms with Crippen LogP contribution in [0.15, 0.2) is 46.9 Å². The molecule has 0 aliphatic heterocycles. The van der Waals surface area contributed by atoms with Gasteiger partial charge in [-0.05, 0) is 29.3 Å². The molecular formula is C16H19BrN2O. The van der Waals surface area contributed by atoms with Gasteiger partial charge in [-0.3, -0.25) is 0 Å². The number of hydrogen-bond acceptors (Lipinski definition) is 3. The Labute approximate surface area is 128 Å². The number of methoxy groups -OCH3 is 1. The van der Waals surface area contributed by atoms with Crippen molar-refractivity contribution in [2.24, 2.45) is 5.73 Å². The summed E-state index contributed by atoms with van der Waals surface area (Å²) in [6.45, 7) is 1.37. The highest BCUT2D eigenvalue weighted by Gasteiger charge is 2.09. The van der Waals surface area contributed by atoms with Crippen molar-refractivity contribution in [3.8, 4) is 5.75 Å². The zero-order chi connectivity index (χ0) is 14.5. The number of benzene rings is 2. The largest absolute Gasteiger partial charge is 0.495 e. The molecule has 2 aromatic rings. The summed E-state index contributed by atoms with van der Waals surface area (Å²) in [6.07, 6.45) is 0. The van der Waals surface area contributed by atoms with Crippen LogP contribution in [0.25, 0.3) is 0 Å². The summed E-state index contributed by atoms with van der Waals surface area (Å²) >= 11 is 3.50. The maximum Gasteiger partial charge on any atom is 0.142 e. The van der Waals surface area contributed by atoms with E-state index in [0.717, 1.165) is 28.0 Å². The second-order valence-corrected chi connectivity index (χ2v) is 5.61. The fraction of sp³-hybridized carbons (Fsp3) is 0.250. The minimum absolute atomic E-state index is 0.567. The van der Waals surface area contributed by atoms with E-state index in [-0.39, 0.29) is 0 Å². The van der Waals surface area contributed by atoms with Gasteiger partial charge in [0, 0.05) is 24.6 Å². The Morgan fingerprint density at radius 1 is 1.15 bits per heavy atom. The van der Waals surface area contributed by atoms with Crippen LogP contribution in [0.4, 0.5) is 5.69 Å². The van der Waals surface area contributed by atoms with Crippen molar-refractivity contribution in [3.05, 3.63) is 58.1 Å². The molecule has 0 saturated heterocycles. The van der Waals surface area contributed by atoms with Crippen LogP contribution in [0.2, 0.25) is 0 Å². The summed E-state index contributed by atoms with van der Waals surface area (Å²) < 4.78 is 6.46. The molecule has 0 fully saturated rings. The fourth-order valence-corrected chi connectivity index (χ4v) is 2.52. The van der Waals surface area contributed by atoms with Crippen molar-refractivity contribution in [2.75, 3.05) is 19.1 Å². The van der Waals surface area contributed by atoms with Crippen LogP contribution in [-0.2, 0) is 13.1 Å². The third-order valence-electron chi connectivity index (χ3n) is 3.20. The van der Waals surface area contributed by atoms with Gasteiger partial charge in [-0.1, -0.05) is 40.2 Å². The molecule has 0 radical (unpaired) electrons. The number of ether oxygens (including phenoxy) is 1. The number of hydrogen-bond donors (Lipinski definition) is 1. The summed E-state index contributed by atoms with van der Waals surface area (Å²) in [5.74, 6) is 0.866. The average Bonchev–Trinajstić information content (AvgIpc) is 2.47. The Kier molecular flexibility index (Phi) is 5.04. The molecule has 0 spiro atoms. The first-order chi connectivity index (χ1) is 9.63. The van der Waals surface area contributed by atoms with Gasteiger partial charge >= 0.3 is 0 Å². The highest BCUT2D eigenvalue weighted by molar-refractivity contribution is 9.10. The molecule has 0 saturated carbocycles. The lowest BCUT2D eigenvalue weighted by molar-refractivity contribution is 0.414. The Hall–Kier alpha value is -1.52. The van der Waals surface area contributed by atoms with E-state index in [1.807, 2.05) is 24.3 Å². The topological polar surface area (TPSA) is 38.5 Å². The lowest BCUT2D eigenvalue weighted by Crippen LogP contribution is -2.17. The van der Waals surface area contributed by atoms with Gasteiger partial charge in [-0.15, -0.1) is 0 Å². The molecule has 2 N–H and O–H groups in total. The lowest BCUT2D eigenvalue weighted by Gasteiger charge is -2.22. The number of nitrogens with two attached hydrogens (primary N) is 1. The third-order valence-corrected chi connectivity index (χ3v) is 3.69. The van der Waals surface area contributed by atoms with Crippen molar-refractivity contribution in [1.29, 1.82) is 0 Å². The van der Waals surface area contributed by atoms with Gasteiger partial charge in [0.2, 0.25) is 0 Å². The maximum absolute atomic E-state index is 5.69. The molecule has 2 aromatic carbocycles. The van der Waals surface area contributed by atoms with Crippen LogP contribution in [0, 0.1) is 0 Å². The van der Waals surface area contributed by atoms with E-state index in [1.165, 1.54) is 5.56 Å². The van der Waals surface area contributed by atoms with Crippen molar-refractivity contribution < 1.29 is 4.74 Å².